The number of carbonyl (C=O) groups is 3. The van der Waals surface area contributed by atoms with Gasteiger partial charge in [0, 0.05) is 18.8 Å². The number of methoxy groups -OCH3 is 2. The van der Waals surface area contributed by atoms with Crippen LogP contribution in [0.25, 0.3) is 0 Å². The van der Waals surface area contributed by atoms with Crippen molar-refractivity contribution in [2.75, 3.05) is 14.2 Å². The van der Waals surface area contributed by atoms with Crippen LogP contribution >= 0.6 is 0 Å². The van der Waals surface area contributed by atoms with E-state index in [-0.39, 0.29) is 46.4 Å². The summed E-state index contributed by atoms with van der Waals surface area (Å²) in [5, 5.41) is 0. The van der Waals surface area contributed by atoms with Crippen LogP contribution in [0.5, 0.6) is 0 Å². The van der Waals surface area contributed by atoms with Crippen molar-refractivity contribution in [2.24, 2.45) is 34.5 Å². The molecule has 2 spiro atoms. The van der Waals surface area contributed by atoms with Crippen molar-refractivity contribution in [2.45, 2.75) is 102 Å². The molecule has 0 unspecified atom stereocenters. The number of fused-ring (bicyclic) bond motifs is 2. The molecule has 5 fully saturated rings. The predicted molar refractivity (Wildman–Crippen MR) is 123 cm³/mol. The first-order chi connectivity index (χ1) is 16.1. The van der Waals surface area contributed by atoms with Crippen molar-refractivity contribution in [1.29, 1.82) is 0 Å². The number of rotatable bonds is 5. The van der Waals surface area contributed by atoms with E-state index in [2.05, 4.69) is 20.8 Å². The second-order valence-corrected chi connectivity index (χ2v) is 12.1. The lowest BCUT2D eigenvalue weighted by molar-refractivity contribution is -0.147. The Labute approximate surface area is 202 Å². The molecule has 7 heteroatoms. The Morgan fingerprint density at radius 1 is 1.09 bits per heavy atom. The number of ether oxygens (including phenoxy) is 4. The first-order valence-electron chi connectivity index (χ1n) is 13.1. The highest BCUT2D eigenvalue weighted by atomic mass is 16.7. The number of hydrogen-bond donors (Lipinski definition) is 0. The summed E-state index contributed by atoms with van der Waals surface area (Å²) in [6.45, 7) is 6.71. The second kappa shape index (κ2) is 7.94. The summed E-state index contributed by atoms with van der Waals surface area (Å²) < 4.78 is 21.9. The Kier molecular flexibility index (Phi) is 5.62. The Balaban J connectivity index is 1.37. The fraction of sp³-hybridized carbons (Fsp3) is 0.889. The first kappa shape index (κ1) is 24.1. The van der Waals surface area contributed by atoms with Crippen LogP contribution < -0.4 is 0 Å². The number of hydrogen-bond acceptors (Lipinski definition) is 7. The van der Waals surface area contributed by atoms with E-state index in [9.17, 15) is 14.4 Å². The smallest absolute Gasteiger partial charge is 0.469 e. The molecule has 5 rings (SSSR count). The molecule has 0 aromatic carbocycles. The molecule has 4 saturated carbocycles. The van der Waals surface area contributed by atoms with Gasteiger partial charge < -0.3 is 18.9 Å². The summed E-state index contributed by atoms with van der Waals surface area (Å²) >= 11 is 0. The molecule has 0 aromatic heterocycles. The second-order valence-electron chi connectivity index (χ2n) is 12.1. The molecule has 4 aliphatic carbocycles. The number of epoxide rings is 1. The fourth-order valence-electron chi connectivity index (χ4n) is 9.31. The Morgan fingerprint density at radius 3 is 2.56 bits per heavy atom. The van der Waals surface area contributed by atoms with Crippen molar-refractivity contribution < 1.29 is 33.3 Å². The van der Waals surface area contributed by atoms with Gasteiger partial charge in [0.05, 0.1) is 19.6 Å². The molecule has 0 N–H and O–H groups in total. The quantitative estimate of drug-likeness (QED) is 0.414. The van der Waals surface area contributed by atoms with Gasteiger partial charge in [-0.2, -0.15) is 0 Å². The van der Waals surface area contributed by atoms with Crippen LogP contribution in [0.4, 0.5) is 4.79 Å². The lowest BCUT2D eigenvalue weighted by Crippen LogP contribution is -2.62. The Bertz CT molecular complexity index is 886. The summed E-state index contributed by atoms with van der Waals surface area (Å²) in [6, 6.07) is 0. The third kappa shape index (κ3) is 3.00. The minimum absolute atomic E-state index is 0.0172. The topological polar surface area (TPSA) is 91.4 Å². The van der Waals surface area contributed by atoms with Crippen molar-refractivity contribution in [3.63, 3.8) is 0 Å². The summed E-state index contributed by atoms with van der Waals surface area (Å²) in [5.74, 6) is 1.32. The number of esters is 1. The average Bonchev–Trinajstić information content (AvgIpc) is 3.38. The van der Waals surface area contributed by atoms with Gasteiger partial charge in [0.1, 0.15) is 23.1 Å². The number of ketones is 1. The third-order valence-electron chi connectivity index (χ3n) is 11.2. The van der Waals surface area contributed by atoms with Gasteiger partial charge in [0.25, 0.3) is 0 Å². The molecule has 190 valence electrons. The zero-order valence-corrected chi connectivity index (χ0v) is 21.3. The van der Waals surface area contributed by atoms with E-state index in [4.69, 9.17) is 18.9 Å². The lowest BCUT2D eigenvalue weighted by Gasteiger charge is -2.57. The minimum Gasteiger partial charge on any atom is -0.469 e. The van der Waals surface area contributed by atoms with Gasteiger partial charge in [-0.05, 0) is 81.5 Å². The maximum absolute atomic E-state index is 14.0. The highest BCUT2D eigenvalue weighted by molar-refractivity contribution is 5.90. The summed E-state index contributed by atoms with van der Waals surface area (Å²) in [7, 11) is 2.77. The monoisotopic (exact) mass is 476 g/mol. The van der Waals surface area contributed by atoms with Crippen LogP contribution in [-0.2, 0) is 28.5 Å². The van der Waals surface area contributed by atoms with Crippen LogP contribution in [0, 0.1) is 34.5 Å². The zero-order valence-electron chi connectivity index (χ0n) is 21.3. The van der Waals surface area contributed by atoms with Crippen molar-refractivity contribution in [3.8, 4) is 0 Å². The predicted octanol–water partition coefficient (Wildman–Crippen LogP) is 4.84. The summed E-state index contributed by atoms with van der Waals surface area (Å²) in [4.78, 5) is 37.4. The van der Waals surface area contributed by atoms with Gasteiger partial charge in [0.2, 0.25) is 0 Å². The van der Waals surface area contributed by atoms with Crippen LogP contribution in [0.1, 0.15) is 85.0 Å². The number of carbonyl (C=O) groups excluding carboxylic acids is 3. The van der Waals surface area contributed by atoms with Crippen LogP contribution in [0.2, 0.25) is 0 Å². The van der Waals surface area contributed by atoms with Crippen molar-refractivity contribution in [1.82, 2.24) is 0 Å². The van der Waals surface area contributed by atoms with Gasteiger partial charge >= 0.3 is 12.1 Å². The zero-order chi connectivity index (χ0) is 24.5. The van der Waals surface area contributed by atoms with Crippen molar-refractivity contribution >= 4 is 17.9 Å². The normalized spacial score (nSPS) is 47.4. The lowest BCUT2D eigenvalue weighted by atomic mass is 9.44. The van der Waals surface area contributed by atoms with E-state index in [0.717, 1.165) is 51.4 Å². The summed E-state index contributed by atoms with van der Waals surface area (Å²) in [5.41, 5.74) is -1.01. The molecule has 0 radical (unpaired) electrons. The molecule has 1 heterocycles. The Hall–Kier alpha value is -1.63. The Morgan fingerprint density at radius 2 is 1.85 bits per heavy atom. The van der Waals surface area contributed by atoms with Gasteiger partial charge in [-0.3, -0.25) is 9.59 Å². The molecule has 1 aliphatic heterocycles. The van der Waals surface area contributed by atoms with E-state index in [1.54, 1.807) is 0 Å². The highest BCUT2D eigenvalue weighted by Crippen LogP contribution is 2.80. The minimum atomic E-state index is -0.604. The van der Waals surface area contributed by atoms with E-state index in [0.29, 0.717) is 24.5 Å². The standard InChI is InChI=1S/C27H40O7/c1-16(6-7-22(29)31-4)19-10-13-27-25(19,3)21(28)15-20-24(2)11-9-18(33-23(30)32-5)14-17(24)8-12-26(20,27)34-27/h16-20H,6-15H2,1-5H3/t16-,17-,18-,19-,20+,24-,25-,26-,27+/m0/s1. The number of Topliss-reactive ketones (excluding diaryl/α,β-unsaturated/α-hetero) is 1. The average molecular weight is 477 g/mol. The van der Waals surface area contributed by atoms with E-state index >= 15 is 0 Å². The maximum atomic E-state index is 14.0. The highest BCUT2D eigenvalue weighted by Gasteiger charge is 2.88. The molecule has 1 saturated heterocycles. The van der Waals surface area contributed by atoms with E-state index < -0.39 is 11.6 Å². The van der Waals surface area contributed by atoms with Crippen LogP contribution in [0.3, 0.4) is 0 Å². The van der Waals surface area contributed by atoms with E-state index in [1.165, 1.54) is 14.2 Å². The van der Waals surface area contributed by atoms with Gasteiger partial charge in [0.15, 0.2) is 0 Å². The van der Waals surface area contributed by atoms with Gasteiger partial charge in [-0.1, -0.05) is 13.8 Å². The van der Waals surface area contributed by atoms with E-state index in [1.807, 2.05) is 0 Å². The van der Waals surface area contributed by atoms with Crippen LogP contribution in [-0.4, -0.2) is 49.4 Å². The molecule has 0 amide bonds. The molecule has 9 atom stereocenters. The maximum Gasteiger partial charge on any atom is 0.508 e. The molecular weight excluding hydrogens is 436 g/mol. The largest absolute Gasteiger partial charge is 0.508 e. The third-order valence-corrected chi connectivity index (χ3v) is 11.2. The van der Waals surface area contributed by atoms with Crippen LogP contribution in [0.15, 0.2) is 0 Å². The molecule has 5 aliphatic rings. The summed E-state index contributed by atoms with van der Waals surface area (Å²) in [6.07, 6.45) is 7.53. The molecule has 34 heavy (non-hydrogen) atoms. The fourth-order valence-corrected chi connectivity index (χ4v) is 9.31. The van der Waals surface area contributed by atoms with Gasteiger partial charge in [-0.25, -0.2) is 4.79 Å². The molecule has 0 aromatic rings. The molecule has 7 nitrogen and oxygen atoms in total. The SMILES string of the molecule is COC(=O)CC[C@H](C)[C@@H]1CC[C@]23O[C@]24CC[C@H]2C[C@@H](OC(=O)OC)CC[C@]2(C)[C@H]4CC(=O)[C@]13C. The first-order valence-corrected chi connectivity index (χ1v) is 13.1. The van der Waals surface area contributed by atoms with Gasteiger partial charge in [-0.15, -0.1) is 0 Å². The molecule has 0 bridgehead atoms. The van der Waals surface area contributed by atoms with Crippen molar-refractivity contribution in [3.05, 3.63) is 0 Å². The molecular formula is C27H40O7.